The molecule has 36 heavy (non-hydrogen) atoms. The van der Waals surface area contributed by atoms with Crippen molar-refractivity contribution in [3.05, 3.63) is 93.0 Å². The molecular weight excluding hydrogens is 512 g/mol. The van der Waals surface area contributed by atoms with Crippen molar-refractivity contribution in [1.29, 1.82) is 0 Å². The lowest BCUT2D eigenvalue weighted by Crippen LogP contribution is -2.15. The van der Waals surface area contributed by atoms with Gasteiger partial charge < -0.3 is 9.84 Å². The maximum Gasteiger partial charge on any atom is 0.434 e. The van der Waals surface area contributed by atoms with Gasteiger partial charge in [-0.05, 0) is 66.3 Å². The fourth-order valence-corrected chi connectivity index (χ4v) is 4.24. The fraction of sp³-hybridized carbons (Fsp3) is 0.200. The number of hydrogen-bond acceptors (Lipinski definition) is 3. The number of carbonyl (C=O) groups is 1. The Bertz CT molecular complexity index is 1390. The Morgan fingerprint density at radius 3 is 2.39 bits per heavy atom. The highest BCUT2D eigenvalue weighted by molar-refractivity contribution is 6.30. The lowest BCUT2D eigenvalue weighted by atomic mass is 9.96. The summed E-state index contributed by atoms with van der Waals surface area (Å²) in [7, 11) is 0. The van der Waals surface area contributed by atoms with Crippen LogP contribution in [0.2, 0.25) is 5.02 Å². The van der Waals surface area contributed by atoms with E-state index in [1.807, 2.05) is 0 Å². The van der Waals surface area contributed by atoms with E-state index in [2.05, 4.69) is 4.98 Å². The third kappa shape index (κ3) is 5.18. The molecule has 0 amide bonds. The molecule has 1 aliphatic carbocycles. The van der Waals surface area contributed by atoms with Gasteiger partial charge in [-0.25, -0.2) is 18.0 Å². The molecule has 4 rings (SSSR count). The summed E-state index contributed by atoms with van der Waals surface area (Å²) in [6.07, 6.45) is -2.47. The van der Waals surface area contributed by atoms with Crippen molar-refractivity contribution in [2.24, 2.45) is 0 Å². The van der Waals surface area contributed by atoms with Gasteiger partial charge in [0.1, 0.15) is 18.2 Å². The lowest BCUT2D eigenvalue weighted by molar-refractivity contribution is -0.141. The Hall–Kier alpha value is -3.53. The minimum absolute atomic E-state index is 0.200. The summed E-state index contributed by atoms with van der Waals surface area (Å²) in [6, 6.07) is 6.56. The first-order valence-electron chi connectivity index (χ1n) is 10.5. The van der Waals surface area contributed by atoms with E-state index in [1.165, 1.54) is 12.1 Å². The highest BCUT2D eigenvalue weighted by Crippen LogP contribution is 2.44. The Labute approximate surface area is 205 Å². The first-order valence-corrected chi connectivity index (χ1v) is 10.9. The van der Waals surface area contributed by atoms with E-state index in [0.29, 0.717) is 53.1 Å². The molecule has 11 heteroatoms. The van der Waals surface area contributed by atoms with Crippen LogP contribution in [-0.2, 0) is 12.8 Å². The summed E-state index contributed by atoms with van der Waals surface area (Å²) in [5, 5.41) is 9.63. The summed E-state index contributed by atoms with van der Waals surface area (Å²) in [4.78, 5) is 14.9. The average molecular weight is 528 g/mol. The maximum atomic E-state index is 14.0. The molecule has 4 nitrogen and oxygen atoms in total. The van der Waals surface area contributed by atoms with Crippen LogP contribution in [0.15, 0.2) is 42.6 Å². The minimum Gasteiger partial charge on any atom is -0.488 e. The molecule has 1 N–H and O–H groups in total. The van der Waals surface area contributed by atoms with Crippen LogP contribution in [0.1, 0.15) is 52.0 Å². The number of nitrogens with zero attached hydrogens (tertiary/aromatic N) is 1. The molecule has 1 heterocycles. The molecule has 0 bridgehead atoms. The van der Waals surface area contributed by atoms with Crippen molar-refractivity contribution in [3.8, 4) is 5.75 Å². The highest BCUT2D eigenvalue weighted by Gasteiger charge is 2.38. The predicted molar refractivity (Wildman–Crippen MR) is 119 cm³/mol. The second-order valence-electron chi connectivity index (χ2n) is 8.02. The number of hydrogen-bond donors (Lipinski definition) is 1. The Morgan fingerprint density at radius 2 is 1.69 bits per heavy atom. The number of halogens is 7. The third-order valence-corrected chi connectivity index (χ3v) is 5.93. The van der Waals surface area contributed by atoms with Gasteiger partial charge >= 0.3 is 12.1 Å². The van der Waals surface area contributed by atoms with Gasteiger partial charge in [0.05, 0.1) is 5.56 Å². The van der Waals surface area contributed by atoms with Crippen LogP contribution in [0, 0.1) is 17.5 Å². The number of carboxylic acid groups (broad SMARTS) is 1. The summed E-state index contributed by atoms with van der Waals surface area (Å²) in [5.41, 5.74) is -0.857. The van der Waals surface area contributed by atoms with E-state index in [1.54, 1.807) is 6.07 Å². The van der Waals surface area contributed by atoms with Gasteiger partial charge in [-0.15, -0.1) is 0 Å². The van der Waals surface area contributed by atoms with E-state index in [0.717, 1.165) is 12.3 Å². The monoisotopic (exact) mass is 527 g/mol. The lowest BCUT2D eigenvalue weighted by Gasteiger charge is -2.16. The van der Waals surface area contributed by atoms with Gasteiger partial charge in [-0.3, -0.25) is 4.98 Å². The second kappa shape index (κ2) is 9.85. The quantitative estimate of drug-likeness (QED) is 0.266. The van der Waals surface area contributed by atoms with Gasteiger partial charge in [0, 0.05) is 28.4 Å². The van der Waals surface area contributed by atoms with Crippen LogP contribution in [0.5, 0.6) is 5.75 Å². The number of alkyl halides is 3. The van der Waals surface area contributed by atoms with Crippen LogP contribution in [0.3, 0.4) is 0 Å². The van der Waals surface area contributed by atoms with Crippen LogP contribution in [-0.4, -0.2) is 16.1 Å². The first-order chi connectivity index (χ1) is 17.0. The van der Waals surface area contributed by atoms with E-state index >= 15 is 0 Å². The van der Waals surface area contributed by atoms with Crippen molar-refractivity contribution in [2.75, 3.05) is 0 Å². The number of aromatic carboxylic acids is 1. The molecule has 188 valence electrons. The van der Waals surface area contributed by atoms with E-state index in [4.69, 9.17) is 16.3 Å². The normalized spacial score (nSPS) is 13.9. The van der Waals surface area contributed by atoms with Gasteiger partial charge in [-0.1, -0.05) is 11.6 Å². The molecular formula is C25H16ClF6NO3. The number of carboxylic acids is 1. The zero-order chi connectivity index (χ0) is 26.2. The highest BCUT2D eigenvalue weighted by atomic mass is 35.5. The average Bonchev–Trinajstić information content (AvgIpc) is 3.30. The summed E-state index contributed by atoms with van der Waals surface area (Å²) in [6.45, 7) is -0.439. The molecule has 0 saturated carbocycles. The maximum absolute atomic E-state index is 14.0. The molecule has 0 spiro atoms. The molecule has 3 aromatic rings. The van der Waals surface area contributed by atoms with Crippen molar-refractivity contribution in [3.63, 3.8) is 0 Å². The smallest absolute Gasteiger partial charge is 0.434 e. The molecule has 0 unspecified atom stereocenters. The molecule has 0 aliphatic heterocycles. The zero-order valence-electron chi connectivity index (χ0n) is 18.2. The second-order valence-corrected chi connectivity index (χ2v) is 8.46. The fourth-order valence-electron chi connectivity index (χ4n) is 4.07. The summed E-state index contributed by atoms with van der Waals surface area (Å²) >= 11 is 6.16. The van der Waals surface area contributed by atoms with Crippen molar-refractivity contribution < 1.29 is 41.0 Å². The number of ether oxygens (including phenoxy) is 1. The molecule has 0 saturated heterocycles. The van der Waals surface area contributed by atoms with Crippen LogP contribution in [0.4, 0.5) is 26.3 Å². The standard InChI is InChI=1S/C25H16ClF6NO3/c26-14-4-5-22(36-11-13-7-20(28)21(29)9-19(13)27)17(8-14)16-3-1-2-15(16)12-6-18(24(34)35)23(33-10-12)25(30,31)32/h4-10H,1-3,11H2,(H,34,35). The molecule has 0 atom stereocenters. The van der Waals surface area contributed by atoms with Crippen molar-refractivity contribution >= 4 is 28.7 Å². The van der Waals surface area contributed by atoms with Gasteiger partial charge in [0.15, 0.2) is 17.3 Å². The Morgan fingerprint density at radius 1 is 1.00 bits per heavy atom. The molecule has 1 aliphatic rings. The number of rotatable bonds is 6. The van der Waals surface area contributed by atoms with Crippen LogP contribution in [0.25, 0.3) is 11.1 Å². The van der Waals surface area contributed by atoms with E-state index in [-0.39, 0.29) is 16.9 Å². The number of allylic oxidation sites excluding steroid dienone is 2. The summed E-state index contributed by atoms with van der Waals surface area (Å²) in [5.74, 6) is -5.12. The zero-order valence-corrected chi connectivity index (χ0v) is 19.0. The van der Waals surface area contributed by atoms with E-state index < -0.39 is 47.5 Å². The molecule has 1 aromatic heterocycles. The van der Waals surface area contributed by atoms with Crippen molar-refractivity contribution in [2.45, 2.75) is 32.0 Å². The number of benzene rings is 2. The topological polar surface area (TPSA) is 59.4 Å². The minimum atomic E-state index is -4.94. The first kappa shape index (κ1) is 25.6. The van der Waals surface area contributed by atoms with E-state index in [9.17, 15) is 36.2 Å². The largest absolute Gasteiger partial charge is 0.488 e. The molecule has 2 aromatic carbocycles. The van der Waals surface area contributed by atoms with Gasteiger partial charge in [-0.2, -0.15) is 13.2 Å². The van der Waals surface area contributed by atoms with Crippen molar-refractivity contribution in [1.82, 2.24) is 4.98 Å². The number of aromatic nitrogens is 1. The number of pyridine rings is 1. The van der Waals surface area contributed by atoms with Gasteiger partial charge in [0.25, 0.3) is 0 Å². The Kier molecular flexibility index (Phi) is 6.99. The SMILES string of the molecule is O=C(O)c1cc(C2=C(c3cc(Cl)ccc3OCc3cc(F)c(F)cc3F)CCC2)cnc1C(F)(F)F. The predicted octanol–water partition coefficient (Wildman–Crippen LogP) is 7.54. The van der Waals surface area contributed by atoms with Crippen LogP contribution < -0.4 is 4.74 Å². The molecule has 0 radical (unpaired) electrons. The molecule has 0 fully saturated rings. The Balaban J connectivity index is 1.75. The summed E-state index contributed by atoms with van der Waals surface area (Å²) < 4.78 is 86.2. The van der Waals surface area contributed by atoms with Crippen LogP contribution >= 0.6 is 11.6 Å². The van der Waals surface area contributed by atoms with Gasteiger partial charge in [0.2, 0.25) is 0 Å². The third-order valence-electron chi connectivity index (χ3n) is 5.69.